The molecule has 3 heterocycles. The van der Waals surface area contributed by atoms with Crippen molar-refractivity contribution in [2.75, 3.05) is 31.2 Å². The number of rotatable bonds is 3. The molecule has 1 amide bonds. The van der Waals surface area contributed by atoms with E-state index in [1.807, 2.05) is 6.92 Å². The van der Waals surface area contributed by atoms with Crippen LogP contribution in [0.3, 0.4) is 0 Å². The van der Waals surface area contributed by atoms with Gasteiger partial charge in [0.15, 0.2) is 5.82 Å². The maximum absolute atomic E-state index is 12.0. The fraction of sp³-hybridized carbons (Fsp3) is 0.714. The van der Waals surface area contributed by atoms with Gasteiger partial charge < -0.3 is 15.0 Å². The van der Waals surface area contributed by atoms with Gasteiger partial charge in [0.25, 0.3) is 0 Å². The van der Waals surface area contributed by atoms with Gasteiger partial charge in [-0.25, -0.2) is 0 Å². The number of piperidine rings is 1. The summed E-state index contributed by atoms with van der Waals surface area (Å²) in [4.78, 5) is 14.3. The Morgan fingerprint density at radius 2 is 2.25 bits per heavy atom. The number of anilines is 1. The van der Waals surface area contributed by atoms with E-state index in [0.29, 0.717) is 12.6 Å². The molecule has 2 fully saturated rings. The van der Waals surface area contributed by atoms with E-state index in [0.717, 1.165) is 50.5 Å². The molecule has 2 saturated heterocycles. The van der Waals surface area contributed by atoms with Gasteiger partial charge in [-0.3, -0.25) is 9.89 Å². The Morgan fingerprint density at radius 1 is 1.45 bits per heavy atom. The Labute approximate surface area is 118 Å². The second-order valence-corrected chi connectivity index (χ2v) is 5.74. The third-order valence-corrected chi connectivity index (χ3v) is 4.16. The van der Waals surface area contributed by atoms with Gasteiger partial charge in [-0.1, -0.05) is 0 Å². The van der Waals surface area contributed by atoms with Gasteiger partial charge in [0.1, 0.15) is 0 Å². The molecule has 2 aliphatic rings. The van der Waals surface area contributed by atoms with Crippen LogP contribution in [0, 0.1) is 12.8 Å². The molecule has 6 nitrogen and oxygen atoms in total. The SMILES string of the molecule is Cc1cc(N2CCC(NC(=O)C3CCOC3)CC2)n[nH]1. The summed E-state index contributed by atoms with van der Waals surface area (Å²) >= 11 is 0. The molecule has 20 heavy (non-hydrogen) atoms. The Kier molecular flexibility index (Phi) is 3.91. The van der Waals surface area contributed by atoms with E-state index in [9.17, 15) is 4.79 Å². The van der Waals surface area contributed by atoms with Gasteiger partial charge in [0.05, 0.1) is 12.5 Å². The highest BCUT2D eigenvalue weighted by Crippen LogP contribution is 2.19. The molecule has 1 unspecified atom stereocenters. The molecule has 0 aliphatic carbocycles. The van der Waals surface area contributed by atoms with Crippen molar-refractivity contribution in [2.24, 2.45) is 5.92 Å². The molecule has 2 aliphatic heterocycles. The van der Waals surface area contributed by atoms with E-state index < -0.39 is 0 Å². The topological polar surface area (TPSA) is 70.2 Å². The average molecular weight is 278 g/mol. The molecule has 1 atom stereocenters. The van der Waals surface area contributed by atoms with Crippen LogP contribution in [0.25, 0.3) is 0 Å². The minimum atomic E-state index is 0.0574. The normalized spacial score (nSPS) is 24.1. The summed E-state index contributed by atoms with van der Waals surface area (Å²) in [6.45, 7) is 5.19. The van der Waals surface area contributed by atoms with Crippen LogP contribution in [0.1, 0.15) is 25.0 Å². The average Bonchev–Trinajstić information content (AvgIpc) is 3.10. The molecule has 0 aromatic carbocycles. The summed E-state index contributed by atoms with van der Waals surface area (Å²) in [7, 11) is 0. The van der Waals surface area contributed by atoms with Crippen LogP contribution in [0.15, 0.2) is 6.07 Å². The van der Waals surface area contributed by atoms with E-state index >= 15 is 0 Å². The number of hydrogen-bond acceptors (Lipinski definition) is 4. The van der Waals surface area contributed by atoms with Gasteiger partial charge in [0.2, 0.25) is 5.91 Å². The molecule has 3 rings (SSSR count). The molecular formula is C14H22N4O2. The van der Waals surface area contributed by atoms with E-state index in [2.05, 4.69) is 26.5 Å². The highest BCUT2D eigenvalue weighted by molar-refractivity contribution is 5.79. The van der Waals surface area contributed by atoms with Gasteiger partial charge in [0, 0.05) is 37.5 Å². The molecular weight excluding hydrogens is 256 g/mol. The summed E-state index contributed by atoms with van der Waals surface area (Å²) in [6.07, 6.45) is 2.81. The van der Waals surface area contributed by atoms with Crippen molar-refractivity contribution in [3.8, 4) is 0 Å². The third kappa shape index (κ3) is 2.95. The first-order valence-corrected chi connectivity index (χ1v) is 7.37. The lowest BCUT2D eigenvalue weighted by Gasteiger charge is -2.32. The third-order valence-electron chi connectivity index (χ3n) is 4.16. The molecule has 2 N–H and O–H groups in total. The molecule has 0 saturated carbocycles. The van der Waals surface area contributed by atoms with Crippen LogP contribution in [0.5, 0.6) is 0 Å². The van der Waals surface area contributed by atoms with Gasteiger partial charge in [-0.05, 0) is 26.2 Å². The number of amides is 1. The molecule has 0 spiro atoms. The fourth-order valence-corrected chi connectivity index (χ4v) is 2.88. The lowest BCUT2D eigenvalue weighted by Crippen LogP contribution is -2.46. The van der Waals surface area contributed by atoms with Crippen molar-refractivity contribution < 1.29 is 9.53 Å². The summed E-state index contributed by atoms with van der Waals surface area (Å²) in [6, 6.07) is 2.36. The zero-order valence-electron chi connectivity index (χ0n) is 11.9. The van der Waals surface area contributed by atoms with Crippen molar-refractivity contribution in [3.05, 3.63) is 11.8 Å². The van der Waals surface area contributed by atoms with Crippen LogP contribution in [-0.2, 0) is 9.53 Å². The maximum atomic E-state index is 12.0. The summed E-state index contributed by atoms with van der Waals surface area (Å²) in [5.41, 5.74) is 1.08. The number of aromatic nitrogens is 2. The van der Waals surface area contributed by atoms with E-state index in [4.69, 9.17) is 4.74 Å². The van der Waals surface area contributed by atoms with Crippen molar-refractivity contribution >= 4 is 11.7 Å². The zero-order chi connectivity index (χ0) is 13.9. The molecule has 1 aromatic rings. The smallest absolute Gasteiger partial charge is 0.225 e. The van der Waals surface area contributed by atoms with Gasteiger partial charge >= 0.3 is 0 Å². The van der Waals surface area contributed by atoms with E-state index in [1.165, 1.54) is 0 Å². The van der Waals surface area contributed by atoms with Crippen molar-refractivity contribution in [2.45, 2.75) is 32.2 Å². The van der Waals surface area contributed by atoms with Crippen molar-refractivity contribution in [3.63, 3.8) is 0 Å². The van der Waals surface area contributed by atoms with Crippen LogP contribution in [0.2, 0.25) is 0 Å². The largest absolute Gasteiger partial charge is 0.381 e. The summed E-state index contributed by atoms with van der Waals surface area (Å²) in [5, 5.41) is 10.4. The standard InChI is InChI=1S/C14H22N4O2/c1-10-8-13(17-16-10)18-5-2-12(3-6-18)15-14(19)11-4-7-20-9-11/h8,11-12H,2-7,9H2,1H3,(H,15,19)(H,16,17). The number of carbonyl (C=O) groups is 1. The number of aromatic amines is 1. The second kappa shape index (κ2) is 5.83. The monoisotopic (exact) mass is 278 g/mol. The van der Waals surface area contributed by atoms with Gasteiger partial charge in [-0.15, -0.1) is 0 Å². The van der Waals surface area contributed by atoms with Gasteiger partial charge in [-0.2, -0.15) is 5.10 Å². The first kappa shape index (κ1) is 13.4. The van der Waals surface area contributed by atoms with Crippen LogP contribution in [0.4, 0.5) is 5.82 Å². The first-order chi connectivity index (χ1) is 9.72. The molecule has 6 heteroatoms. The second-order valence-electron chi connectivity index (χ2n) is 5.74. The molecule has 0 bridgehead atoms. The lowest BCUT2D eigenvalue weighted by atomic mass is 10.0. The Morgan fingerprint density at radius 3 is 2.85 bits per heavy atom. The highest BCUT2D eigenvalue weighted by Gasteiger charge is 2.27. The molecule has 110 valence electrons. The predicted octanol–water partition coefficient (Wildman–Crippen LogP) is 0.840. The van der Waals surface area contributed by atoms with Crippen LogP contribution >= 0.6 is 0 Å². The molecule has 0 radical (unpaired) electrons. The van der Waals surface area contributed by atoms with Crippen LogP contribution < -0.4 is 10.2 Å². The van der Waals surface area contributed by atoms with Crippen LogP contribution in [-0.4, -0.2) is 48.4 Å². The van der Waals surface area contributed by atoms with E-state index in [-0.39, 0.29) is 11.8 Å². The number of aryl methyl sites for hydroxylation is 1. The minimum Gasteiger partial charge on any atom is -0.381 e. The number of H-pyrrole nitrogens is 1. The summed E-state index contributed by atoms with van der Waals surface area (Å²) in [5.74, 6) is 1.23. The number of ether oxygens (including phenoxy) is 1. The molecule has 1 aromatic heterocycles. The number of hydrogen-bond donors (Lipinski definition) is 2. The highest BCUT2D eigenvalue weighted by atomic mass is 16.5. The van der Waals surface area contributed by atoms with E-state index in [1.54, 1.807) is 0 Å². The number of carbonyl (C=O) groups excluding carboxylic acids is 1. The zero-order valence-corrected chi connectivity index (χ0v) is 11.9. The lowest BCUT2D eigenvalue weighted by molar-refractivity contribution is -0.125. The quantitative estimate of drug-likeness (QED) is 0.859. The number of nitrogens with one attached hydrogen (secondary N) is 2. The van der Waals surface area contributed by atoms with Crippen molar-refractivity contribution in [1.29, 1.82) is 0 Å². The Balaban J connectivity index is 1.47. The Hall–Kier alpha value is -1.56. The number of nitrogens with zero attached hydrogens (tertiary/aromatic N) is 2. The summed E-state index contributed by atoms with van der Waals surface area (Å²) < 4.78 is 5.26. The minimum absolute atomic E-state index is 0.0574. The first-order valence-electron chi connectivity index (χ1n) is 7.37. The van der Waals surface area contributed by atoms with Crippen molar-refractivity contribution in [1.82, 2.24) is 15.5 Å². The Bertz CT molecular complexity index is 459. The maximum Gasteiger partial charge on any atom is 0.225 e. The predicted molar refractivity (Wildman–Crippen MR) is 75.6 cm³/mol. The fourth-order valence-electron chi connectivity index (χ4n) is 2.88.